The van der Waals surface area contributed by atoms with Crippen LogP contribution in [-0.2, 0) is 49.7 Å². The molecule has 7 atom stereocenters. The lowest BCUT2D eigenvalue weighted by atomic mass is 9.67. The fraction of sp³-hybridized carbons (Fsp3) is 0.468. The van der Waals surface area contributed by atoms with Crippen molar-refractivity contribution in [2.24, 2.45) is 11.8 Å². The highest BCUT2D eigenvalue weighted by atomic mass is 16.6. The van der Waals surface area contributed by atoms with Gasteiger partial charge in [-0.15, -0.1) is 0 Å². The number of aliphatic hydroxyl groups is 3. The second kappa shape index (κ2) is 22.2. The number of hydrogen-bond donors (Lipinski definition) is 3. The number of carbonyl (C=O) groups excluding carboxylic acids is 2. The Kier molecular flexibility index (Phi) is 15.4. The number of allylic oxidation sites excluding steroid dienone is 1. The minimum atomic E-state index is -1.31. The molecule has 2 aliphatic carbocycles. The Balaban J connectivity index is 1.16. The van der Waals surface area contributed by atoms with Gasteiger partial charge in [0.15, 0.2) is 17.8 Å². The molecule has 4 heterocycles. The van der Waals surface area contributed by atoms with Gasteiger partial charge in [0.25, 0.3) is 0 Å². The molecule has 73 heavy (non-hydrogen) atoms. The fourth-order valence-corrected chi connectivity index (χ4v) is 13.2. The number of aliphatic hydroxyl groups excluding tert-OH is 3. The molecule has 11 heteroatoms. The molecule has 0 spiro atoms. The Bertz CT molecular complexity index is 2990. The van der Waals surface area contributed by atoms with Gasteiger partial charge in [-0.2, -0.15) is 0 Å². The summed E-state index contributed by atoms with van der Waals surface area (Å²) in [5, 5.41) is 31.1. The van der Waals surface area contributed by atoms with Crippen molar-refractivity contribution in [2.75, 3.05) is 20.0 Å². The fourth-order valence-electron chi connectivity index (χ4n) is 13.2. The molecule has 5 bridgehead atoms. The van der Waals surface area contributed by atoms with E-state index in [2.05, 4.69) is 78.6 Å². The average Bonchev–Trinajstić information content (AvgIpc) is 3.39. The molecule has 7 unspecified atom stereocenters. The third-order valence-electron chi connectivity index (χ3n) is 16.8. The molecule has 3 N–H and O–H groups in total. The van der Waals surface area contributed by atoms with Gasteiger partial charge in [0, 0.05) is 47.8 Å². The average molecular weight is 989 g/mol. The van der Waals surface area contributed by atoms with Gasteiger partial charge in [0.2, 0.25) is 0 Å². The van der Waals surface area contributed by atoms with E-state index in [0.29, 0.717) is 36.0 Å². The zero-order chi connectivity index (χ0) is 50.6. The maximum atomic E-state index is 15.5. The van der Waals surface area contributed by atoms with E-state index in [1.807, 2.05) is 19.9 Å². The largest absolute Gasteiger partial charge is 0.481 e. The number of aryl methyl sites for hydroxylation is 1. The highest BCUT2D eigenvalue weighted by molar-refractivity contribution is 5.90. The normalized spacial score (nSPS) is 24.7. The molecule has 5 aromatic rings. The molecule has 10 rings (SSSR count). The van der Waals surface area contributed by atoms with E-state index in [9.17, 15) is 20.1 Å². The summed E-state index contributed by atoms with van der Waals surface area (Å²) in [6.45, 7) is 2.25. The molecule has 11 nitrogen and oxygen atoms in total. The SMILES string of the molecule is CC(C)=C1CCc2ccc3c(c2)CC#CCC2(C4CCCCC4)Oc4ccc5c(CO)c(C(CCO)COCO)c(=O)oc5c4C(OC(=O)CC4CC(c5cccc(Cc6ccccc6)c5)CCC34)C2OC1=O. The van der Waals surface area contributed by atoms with Crippen LogP contribution in [0.4, 0.5) is 0 Å². The van der Waals surface area contributed by atoms with E-state index < -0.39 is 54.7 Å². The smallest absolute Gasteiger partial charge is 0.340 e. The summed E-state index contributed by atoms with van der Waals surface area (Å²) in [5.74, 6) is 5.70. The van der Waals surface area contributed by atoms with Gasteiger partial charge in [-0.25, -0.2) is 9.59 Å². The highest BCUT2D eigenvalue weighted by Gasteiger charge is 2.59. The molecule has 2 saturated carbocycles. The van der Waals surface area contributed by atoms with Crippen molar-refractivity contribution >= 4 is 22.9 Å². The van der Waals surface area contributed by atoms with E-state index in [1.54, 1.807) is 12.1 Å². The Hall–Kier alpha value is -6.03. The molecule has 5 aliphatic rings. The predicted octanol–water partition coefficient (Wildman–Crippen LogP) is 10.5. The zero-order valence-electron chi connectivity index (χ0n) is 42.2. The molecule has 4 aromatic carbocycles. The zero-order valence-corrected chi connectivity index (χ0v) is 42.2. The Morgan fingerprint density at radius 1 is 0.849 bits per heavy atom. The number of ether oxygens (including phenoxy) is 4. The summed E-state index contributed by atoms with van der Waals surface area (Å²) in [4.78, 5) is 45.0. The first-order valence-electron chi connectivity index (χ1n) is 26.6. The molecular weight excluding hydrogens is 921 g/mol. The summed E-state index contributed by atoms with van der Waals surface area (Å²) < 4.78 is 33.0. The summed E-state index contributed by atoms with van der Waals surface area (Å²) in [6.07, 6.45) is 7.17. The van der Waals surface area contributed by atoms with E-state index in [1.165, 1.54) is 22.3 Å². The van der Waals surface area contributed by atoms with Crippen LogP contribution in [0.2, 0.25) is 0 Å². The van der Waals surface area contributed by atoms with Crippen LogP contribution < -0.4 is 10.4 Å². The molecular formula is C62H68O11. The lowest BCUT2D eigenvalue weighted by Crippen LogP contribution is -2.60. The van der Waals surface area contributed by atoms with Crippen molar-refractivity contribution in [2.45, 2.75) is 152 Å². The monoisotopic (exact) mass is 988 g/mol. The third-order valence-corrected chi connectivity index (χ3v) is 16.8. The first-order chi connectivity index (χ1) is 35.6. The second-order valence-electron chi connectivity index (χ2n) is 21.3. The number of fused-ring (bicyclic) bond motifs is 9. The second-order valence-corrected chi connectivity index (χ2v) is 21.3. The van der Waals surface area contributed by atoms with Crippen molar-refractivity contribution in [3.8, 4) is 17.6 Å². The highest BCUT2D eigenvalue weighted by Crippen LogP contribution is 2.55. The van der Waals surface area contributed by atoms with Crippen LogP contribution in [0.25, 0.3) is 11.0 Å². The van der Waals surface area contributed by atoms with Crippen molar-refractivity contribution in [3.63, 3.8) is 0 Å². The van der Waals surface area contributed by atoms with Crippen LogP contribution in [-0.4, -0.2) is 59.0 Å². The van der Waals surface area contributed by atoms with Crippen molar-refractivity contribution in [1.82, 2.24) is 0 Å². The van der Waals surface area contributed by atoms with Crippen molar-refractivity contribution in [3.05, 3.63) is 157 Å². The molecule has 0 radical (unpaired) electrons. The van der Waals surface area contributed by atoms with Gasteiger partial charge in [0.05, 0.1) is 25.2 Å². The number of benzene rings is 4. The van der Waals surface area contributed by atoms with E-state index in [-0.39, 0.29) is 78.4 Å². The summed E-state index contributed by atoms with van der Waals surface area (Å²) in [5.41, 5.74) is 7.10. The number of carbonyl (C=O) groups is 2. The molecule has 3 aliphatic heterocycles. The van der Waals surface area contributed by atoms with Crippen LogP contribution in [0.1, 0.15) is 165 Å². The quantitative estimate of drug-likeness (QED) is 0.0380. The molecule has 1 aromatic heterocycles. The van der Waals surface area contributed by atoms with Crippen LogP contribution in [0, 0.1) is 23.7 Å². The number of hydrogen-bond acceptors (Lipinski definition) is 11. The van der Waals surface area contributed by atoms with Crippen molar-refractivity contribution < 1.29 is 48.3 Å². The minimum Gasteiger partial charge on any atom is -0.481 e. The topological polar surface area (TPSA) is 162 Å². The van der Waals surface area contributed by atoms with Gasteiger partial charge in [-0.1, -0.05) is 109 Å². The van der Waals surface area contributed by atoms with Crippen molar-refractivity contribution in [1.29, 1.82) is 0 Å². The molecule has 0 saturated heterocycles. The van der Waals surface area contributed by atoms with Gasteiger partial charge >= 0.3 is 17.6 Å². The van der Waals surface area contributed by atoms with E-state index in [4.69, 9.17) is 23.4 Å². The number of esters is 2. The summed E-state index contributed by atoms with van der Waals surface area (Å²) >= 11 is 0. The third kappa shape index (κ3) is 10.3. The van der Waals surface area contributed by atoms with Gasteiger partial charge < -0.3 is 38.7 Å². The van der Waals surface area contributed by atoms with Crippen LogP contribution in [0.3, 0.4) is 0 Å². The minimum absolute atomic E-state index is 0.0364. The van der Waals surface area contributed by atoms with E-state index >= 15 is 9.59 Å². The lowest BCUT2D eigenvalue weighted by Gasteiger charge is -2.51. The first-order valence-corrected chi connectivity index (χ1v) is 26.6. The van der Waals surface area contributed by atoms with Crippen LogP contribution >= 0.6 is 0 Å². The van der Waals surface area contributed by atoms with Gasteiger partial charge in [0.1, 0.15) is 18.1 Å². The molecule has 382 valence electrons. The Labute approximate surface area is 427 Å². The maximum Gasteiger partial charge on any atom is 0.340 e. The summed E-state index contributed by atoms with van der Waals surface area (Å²) in [6, 6.07) is 29.5. The van der Waals surface area contributed by atoms with Crippen LogP contribution in [0.15, 0.2) is 105 Å². The van der Waals surface area contributed by atoms with Gasteiger partial charge in [-0.3, -0.25) is 4.79 Å². The predicted molar refractivity (Wildman–Crippen MR) is 277 cm³/mol. The standard InChI is InChI=1S/C62H68O11/c1-38(2)48-22-19-40-20-23-49-44(31-40)15-9-10-28-62(47-17-7-4-8-18-47)59(72-60(48)67)58(56-53(73-62)26-25-51-52(35-64)55(61(68)71-57(51)56)45(27-29-63)36-69-37-65)70-54(66)34-46-33-43(21-24-50(46)49)42-16-11-14-41(32-42)30-39-12-5-3-6-13-39/h3,5-6,11-14,16,20,23,25-26,31-32,43,45-47,50,58-59,63-65H,4,7-8,15,17-19,21-22,24,27-30,33-37H2,1-2H3. The van der Waals surface area contributed by atoms with Gasteiger partial charge in [-0.05, 0) is 140 Å². The maximum absolute atomic E-state index is 15.5. The van der Waals surface area contributed by atoms with E-state index in [0.717, 1.165) is 74.5 Å². The number of rotatable bonds is 11. The first kappa shape index (κ1) is 50.5. The molecule has 2 fully saturated rings. The summed E-state index contributed by atoms with van der Waals surface area (Å²) in [7, 11) is 0. The van der Waals surface area contributed by atoms with Crippen LogP contribution in [0.5, 0.6) is 5.75 Å². The Morgan fingerprint density at radius 3 is 2.45 bits per heavy atom. The lowest BCUT2D eigenvalue weighted by molar-refractivity contribution is -0.204. The molecule has 0 amide bonds. The Morgan fingerprint density at radius 2 is 1.67 bits per heavy atom.